The third kappa shape index (κ3) is 4.34. The summed E-state index contributed by atoms with van der Waals surface area (Å²) in [6.45, 7) is 2.31. The van der Waals surface area contributed by atoms with Crippen molar-refractivity contribution in [2.24, 2.45) is 11.3 Å². The Morgan fingerprint density at radius 2 is 2.17 bits per heavy atom. The van der Waals surface area contributed by atoms with Gasteiger partial charge in [-0.15, -0.1) is 0 Å². The van der Waals surface area contributed by atoms with Crippen LogP contribution in [0.15, 0.2) is 28.9 Å². The molecule has 3 heterocycles. The van der Waals surface area contributed by atoms with Gasteiger partial charge in [-0.2, -0.15) is 0 Å². The van der Waals surface area contributed by atoms with Gasteiger partial charge in [-0.05, 0) is 49.1 Å². The molecule has 2 aromatic heterocycles. The number of carbonyl (C=O) groups excluding carboxylic acids is 2. The maximum atomic E-state index is 12.4. The Kier molecular flexibility index (Phi) is 5.79. The van der Waals surface area contributed by atoms with Crippen LogP contribution in [-0.2, 0) is 4.79 Å². The van der Waals surface area contributed by atoms with E-state index in [1.165, 1.54) is 0 Å². The second-order valence-electron chi connectivity index (χ2n) is 8.84. The molecule has 0 bridgehead atoms. The molecule has 30 heavy (non-hydrogen) atoms. The standard InChI is InChI=1S/C22H30N4O4/c1-25(2)19(27)3-4-20(28)26-9-6-22(7-10-26)12-16(22)13-24-21(29)17-11-15-5-8-23-14-18(15)30-17/h5,8,11,14,16,20,28H,3-4,6-7,9-10,12-13H2,1-2H3,(H,24,29). The van der Waals surface area contributed by atoms with E-state index in [4.69, 9.17) is 4.42 Å². The van der Waals surface area contributed by atoms with E-state index in [1.807, 2.05) is 6.07 Å². The fourth-order valence-corrected chi connectivity index (χ4v) is 4.56. The SMILES string of the molecule is CN(C)C(=O)CCC(O)N1CCC2(CC1)CC2CNC(=O)c1cc2ccncc2o1. The number of nitrogens with zero attached hydrogens (tertiary/aromatic N) is 3. The molecule has 1 saturated heterocycles. The van der Waals surface area contributed by atoms with Crippen LogP contribution in [-0.4, -0.2) is 71.7 Å². The van der Waals surface area contributed by atoms with Gasteiger partial charge in [-0.1, -0.05) is 0 Å². The summed E-state index contributed by atoms with van der Waals surface area (Å²) >= 11 is 0. The largest absolute Gasteiger partial charge is 0.449 e. The highest BCUT2D eigenvalue weighted by molar-refractivity contribution is 5.95. The van der Waals surface area contributed by atoms with Crippen molar-refractivity contribution in [1.29, 1.82) is 0 Å². The number of furan rings is 1. The van der Waals surface area contributed by atoms with Crippen LogP contribution in [0.1, 0.15) is 42.7 Å². The van der Waals surface area contributed by atoms with E-state index in [0.717, 1.165) is 37.7 Å². The summed E-state index contributed by atoms with van der Waals surface area (Å²) < 4.78 is 5.58. The Hall–Kier alpha value is -2.45. The number of aliphatic hydroxyl groups is 1. The molecule has 2 aromatic rings. The van der Waals surface area contributed by atoms with Gasteiger partial charge < -0.3 is 19.7 Å². The van der Waals surface area contributed by atoms with Crippen molar-refractivity contribution < 1.29 is 19.1 Å². The van der Waals surface area contributed by atoms with Gasteiger partial charge in [0.25, 0.3) is 5.91 Å². The van der Waals surface area contributed by atoms with Gasteiger partial charge in [-0.3, -0.25) is 19.5 Å². The van der Waals surface area contributed by atoms with E-state index in [1.54, 1.807) is 37.5 Å². The van der Waals surface area contributed by atoms with Crippen LogP contribution < -0.4 is 5.32 Å². The summed E-state index contributed by atoms with van der Waals surface area (Å²) in [5.74, 6) is 0.646. The number of amides is 2. The average Bonchev–Trinajstić information content (AvgIpc) is 3.21. The van der Waals surface area contributed by atoms with Crippen molar-refractivity contribution in [2.75, 3.05) is 33.7 Å². The van der Waals surface area contributed by atoms with E-state index in [2.05, 4.69) is 15.2 Å². The minimum absolute atomic E-state index is 0.0428. The van der Waals surface area contributed by atoms with E-state index in [-0.39, 0.29) is 17.2 Å². The number of hydrogen-bond acceptors (Lipinski definition) is 6. The normalized spacial score (nSPS) is 21.5. The molecule has 2 fully saturated rings. The fourth-order valence-electron chi connectivity index (χ4n) is 4.56. The molecule has 8 nitrogen and oxygen atoms in total. The summed E-state index contributed by atoms with van der Waals surface area (Å²) in [6, 6.07) is 3.57. The number of nitrogens with one attached hydrogen (secondary N) is 1. The second kappa shape index (κ2) is 8.35. The van der Waals surface area contributed by atoms with Gasteiger partial charge in [0.05, 0.1) is 6.20 Å². The third-order valence-corrected chi connectivity index (χ3v) is 6.75. The first-order chi connectivity index (χ1) is 14.4. The smallest absolute Gasteiger partial charge is 0.287 e. The Morgan fingerprint density at radius 3 is 2.87 bits per heavy atom. The molecule has 2 unspecified atom stereocenters. The van der Waals surface area contributed by atoms with Crippen LogP contribution >= 0.6 is 0 Å². The summed E-state index contributed by atoms with van der Waals surface area (Å²) in [6.07, 6.45) is 6.70. The summed E-state index contributed by atoms with van der Waals surface area (Å²) in [5.41, 5.74) is 0.893. The number of aliphatic hydroxyl groups excluding tert-OH is 1. The van der Waals surface area contributed by atoms with Crippen LogP contribution in [0.4, 0.5) is 0 Å². The van der Waals surface area contributed by atoms with Gasteiger partial charge in [0, 0.05) is 51.7 Å². The van der Waals surface area contributed by atoms with Crippen molar-refractivity contribution in [1.82, 2.24) is 20.1 Å². The number of pyridine rings is 1. The lowest BCUT2D eigenvalue weighted by Gasteiger charge is -2.36. The molecule has 0 aromatic carbocycles. The van der Waals surface area contributed by atoms with Crippen molar-refractivity contribution in [3.8, 4) is 0 Å². The lowest BCUT2D eigenvalue weighted by atomic mass is 9.90. The topological polar surface area (TPSA) is 98.9 Å². The number of aromatic nitrogens is 1. The molecule has 1 saturated carbocycles. The maximum absolute atomic E-state index is 12.4. The van der Waals surface area contributed by atoms with Gasteiger partial charge in [-0.25, -0.2) is 0 Å². The van der Waals surface area contributed by atoms with Crippen molar-refractivity contribution in [3.05, 3.63) is 30.3 Å². The zero-order valence-electron chi connectivity index (χ0n) is 17.6. The zero-order valence-corrected chi connectivity index (χ0v) is 17.6. The lowest BCUT2D eigenvalue weighted by Crippen LogP contribution is -2.43. The van der Waals surface area contributed by atoms with Gasteiger partial charge in [0.2, 0.25) is 5.91 Å². The molecule has 1 aliphatic carbocycles. The number of likely N-dealkylation sites (tertiary alicyclic amines) is 1. The molecule has 1 spiro atoms. The van der Waals surface area contributed by atoms with Crippen LogP contribution in [0, 0.1) is 11.3 Å². The first kappa shape index (κ1) is 20.8. The predicted molar refractivity (Wildman–Crippen MR) is 112 cm³/mol. The number of fused-ring (bicyclic) bond motifs is 1. The van der Waals surface area contributed by atoms with E-state index in [0.29, 0.717) is 36.6 Å². The predicted octanol–water partition coefficient (Wildman–Crippen LogP) is 1.85. The Balaban J connectivity index is 1.21. The van der Waals surface area contributed by atoms with Crippen molar-refractivity contribution in [3.63, 3.8) is 0 Å². The highest BCUT2D eigenvalue weighted by atomic mass is 16.3. The summed E-state index contributed by atoms with van der Waals surface area (Å²) in [4.78, 5) is 31.8. The number of piperidine rings is 1. The van der Waals surface area contributed by atoms with E-state index < -0.39 is 6.23 Å². The van der Waals surface area contributed by atoms with Crippen LogP contribution in [0.3, 0.4) is 0 Å². The molecule has 2 atom stereocenters. The van der Waals surface area contributed by atoms with Crippen LogP contribution in [0.25, 0.3) is 11.0 Å². The minimum atomic E-state index is -0.564. The molecule has 2 aliphatic rings. The highest BCUT2D eigenvalue weighted by Crippen LogP contribution is 2.59. The summed E-state index contributed by atoms with van der Waals surface area (Å²) in [5, 5.41) is 14.3. The van der Waals surface area contributed by atoms with Crippen molar-refractivity contribution in [2.45, 2.75) is 38.3 Å². The van der Waals surface area contributed by atoms with Gasteiger partial charge >= 0.3 is 0 Å². The second-order valence-corrected chi connectivity index (χ2v) is 8.84. The van der Waals surface area contributed by atoms with Crippen LogP contribution in [0.2, 0.25) is 0 Å². The van der Waals surface area contributed by atoms with E-state index >= 15 is 0 Å². The van der Waals surface area contributed by atoms with Crippen molar-refractivity contribution >= 4 is 22.8 Å². The molecule has 2 amide bonds. The first-order valence-electron chi connectivity index (χ1n) is 10.6. The Morgan fingerprint density at radius 1 is 1.40 bits per heavy atom. The number of rotatable bonds is 7. The van der Waals surface area contributed by atoms with Gasteiger partial charge in [0.1, 0.15) is 6.23 Å². The average molecular weight is 415 g/mol. The minimum Gasteiger partial charge on any atom is -0.449 e. The number of hydrogen-bond donors (Lipinski definition) is 2. The molecular formula is C22H30N4O4. The fraction of sp³-hybridized carbons (Fsp3) is 0.591. The molecule has 0 radical (unpaired) electrons. The molecule has 4 rings (SSSR count). The Labute approximate surface area is 176 Å². The number of carbonyl (C=O) groups is 2. The maximum Gasteiger partial charge on any atom is 0.287 e. The summed E-state index contributed by atoms with van der Waals surface area (Å²) in [7, 11) is 3.47. The van der Waals surface area contributed by atoms with E-state index in [9.17, 15) is 14.7 Å². The first-order valence-corrected chi connectivity index (χ1v) is 10.6. The quantitative estimate of drug-likeness (QED) is 0.717. The monoisotopic (exact) mass is 414 g/mol. The third-order valence-electron chi connectivity index (χ3n) is 6.75. The lowest BCUT2D eigenvalue weighted by molar-refractivity contribution is -0.130. The molecule has 2 N–H and O–H groups in total. The zero-order chi connectivity index (χ0) is 21.3. The van der Waals surface area contributed by atoms with Gasteiger partial charge in [0.15, 0.2) is 11.3 Å². The van der Waals surface area contributed by atoms with Crippen LogP contribution in [0.5, 0.6) is 0 Å². The Bertz CT molecular complexity index is 884. The molecular weight excluding hydrogens is 384 g/mol. The molecule has 1 aliphatic heterocycles. The highest BCUT2D eigenvalue weighted by Gasteiger charge is 2.54. The molecule has 162 valence electrons. The molecule has 8 heteroatoms.